The maximum Gasteiger partial charge on any atom is 0.0946 e. The smallest absolute Gasteiger partial charge is 0.0946 e. The molecule has 0 bridgehead atoms. The Morgan fingerprint density at radius 1 is 1.35 bits per heavy atom. The minimum atomic E-state index is 0.389. The van der Waals surface area contributed by atoms with Crippen LogP contribution in [0.2, 0.25) is 0 Å². The van der Waals surface area contributed by atoms with Crippen LogP contribution in [0, 0.1) is 6.92 Å². The summed E-state index contributed by atoms with van der Waals surface area (Å²) in [6.45, 7) is 6.27. The second kappa shape index (κ2) is 5.64. The molecule has 0 aliphatic heterocycles. The van der Waals surface area contributed by atoms with E-state index in [0.29, 0.717) is 6.04 Å². The Morgan fingerprint density at radius 2 is 2.18 bits per heavy atom. The molecule has 0 saturated heterocycles. The summed E-state index contributed by atoms with van der Waals surface area (Å²) < 4.78 is 2.08. The van der Waals surface area contributed by atoms with E-state index in [4.69, 9.17) is 0 Å². The number of rotatable bonds is 5. The molecule has 1 aromatic carbocycles. The fraction of sp³-hybridized carbons (Fsp3) is 0.357. The minimum absolute atomic E-state index is 0.389. The Balaban J connectivity index is 1.85. The molecule has 1 unspecified atom stereocenters. The van der Waals surface area contributed by atoms with Gasteiger partial charge < -0.3 is 9.88 Å². The summed E-state index contributed by atoms with van der Waals surface area (Å²) in [5.41, 5.74) is 2.72. The Bertz CT molecular complexity index is 448. The molecule has 90 valence electrons. The molecule has 2 aromatic rings. The summed E-state index contributed by atoms with van der Waals surface area (Å²) >= 11 is 0. The van der Waals surface area contributed by atoms with E-state index in [1.54, 1.807) is 0 Å². The van der Waals surface area contributed by atoms with Crippen LogP contribution in [0.3, 0.4) is 0 Å². The number of nitrogens with one attached hydrogen (secondary N) is 1. The van der Waals surface area contributed by atoms with E-state index < -0.39 is 0 Å². The Kier molecular flexibility index (Phi) is 3.94. The van der Waals surface area contributed by atoms with Crippen molar-refractivity contribution in [3.05, 3.63) is 54.1 Å². The largest absolute Gasteiger partial charge is 0.336 e. The summed E-state index contributed by atoms with van der Waals surface area (Å²) in [6, 6.07) is 8.90. The number of aromatic nitrogens is 2. The van der Waals surface area contributed by atoms with Crippen LogP contribution in [0.25, 0.3) is 0 Å². The first kappa shape index (κ1) is 11.9. The van der Waals surface area contributed by atoms with Crippen molar-refractivity contribution in [2.45, 2.75) is 26.4 Å². The summed E-state index contributed by atoms with van der Waals surface area (Å²) in [7, 11) is 0. The Hall–Kier alpha value is -1.61. The lowest BCUT2D eigenvalue weighted by Gasteiger charge is -2.16. The number of benzene rings is 1. The zero-order valence-electron chi connectivity index (χ0n) is 10.4. The van der Waals surface area contributed by atoms with Crippen molar-refractivity contribution >= 4 is 0 Å². The number of imidazole rings is 1. The highest BCUT2D eigenvalue weighted by Crippen LogP contribution is 2.16. The molecule has 2 rings (SSSR count). The van der Waals surface area contributed by atoms with Crippen molar-refractivity contribution in [2.24, 2.45) is 0 Å². The second-order valence-electron chi connectivity index (χ2n) is 4.33. The van der Waals surface area contributed by atoms with Gasteiger partial charge >= 0.3 is 0 Å². The van der Waals surface area contributed by atoms with Crippen LogP contribution in [0.15, 0.2) is 43.0 Å². The van der Waals surface area contributed by atoms with E-state index >= 15 is 0 Å². The van der Waals surface area contributed by atoms with Gasteiger partial charge in [0.05, 0.1) is 6.33 Å². The average molecular weight is 229 g/mol. The molecule has 0 saturated carbocycles. The molecule has 0 fully saturated rings. The van der Waals surface area contributed by atoms with Crippen molar-refractivity contribution in [3.63, 3.8) is 0 Å². The molecule has 0 aliphatic rings. The molecule has 3 heteroatoms. The molecule has 1 N–H and O–H groups in total. The third-order valence-corrected chi connectivity index (χ3v) is 3.03. The van der Waals surface area contributed by atoms with Crippen LogP contribution < -0.4 is 5.32 Å². The van der Waals surface area contributed by atoms with Crippen LogP contribution in [0.4, 0.5) is 0 Å². The maximum absolute atomic E-state index is 4.03. The molecular weight excluding hydrogens is 210 g/mol. The van der Waals surface area contributed by atoms with Gasteiger partial charge in [0.15, 0.2) is 0 Å². The highest BCUT2D eigenvalue weighted by Gasteiger charge is 2.06. The summed E-state index contributed by atoms with van der Waals surface area (Å²) in [4.78, 5) is 4.03. The highest BCUT2D eigenvalue weighted by molar-refractivity contribution is 5.28. The quantitative estimate of drug-likeness (QED) is 0.854. The third kappa shape index (κ3) is 3.17. The van der Waals surface area contributed by atoms with Gasteiger partial charge in [0, 0.05) is 31.5 Å². The van der Waals surface area contributed by atoms with Crippen molar-refractivity contribution in [3.8, 4) is 0 Å². The Morgan fingerprint density at radius 3 is 2.88 bits per heavy atom. The number of hydrogen-bond donors (Lipinski definition) is 1. The first-order valence-electron chi connectivity index (χ1n) is 6.02. The monoisotopic (exact) mass is 229 g/mol. The fourth-order valence-electron chi connectivity index (χ4n) is 2.01. The number of nitrogens with zero attached hydrogens (tertiary/aromatic N) is 2. The first-order valence-corrected chi connectivity index (χ1v) is 6.02. The van der Waals surface area contributed by atoms with E-state index in [9.17, 15) is 0 Å². The second-order valence-corrected chi connectivity index (χ2v) is 4.33. The van der Waals surface area contributed by atoms with Crippen molar-refractivity contribution < 1.29 is 0 Å². The molecule has 1 aromatic heterocycles. The topological polar surface area (TPSA) is 29.9 Å². The lowest BCUT2D eigenvalue weighted by atomic mass is 10.0. The van der Waals surface area contributed by atoms with Crippen LogP contribution in [0.1, 0.15) is 24.1 Å². The van der Waals surface area contributed by atoms with Gasteiger partial charge in [0.1, 0.15) is 0 Å². The van der Waals surface area contributed by atoms with Gasteiger partial charge in [-0.05, 0) is 25.0 Å². The van der Waals surface area contributed by atoms with Crippen LogP contribution in [-0.4, -0.2) is 16.1 Å². The van der Waals surface area contributed by atoms with Gasteiger partial charge in [-0.3, -0.25) is 0 Å². The summed E-state index contributed by atoms with van der Waals surface area (Å²) in [5, 5.41) is 3.53. The van der Waals surface area contributed by atoms with Crippen LogP contribution in [0.5, 0.6) is 0 Å². The van der Waals surface area contributed by atoms with Gasteiger partial charge in [0.25, 0.3) is 0 Å². The summed E-state index contributed by atoms with van der Waals surface area (Å²) in [6.07, 6.45) is 5.64. The molecule has 17 heavy (non-hydrogen) atoms. The average Bonchev–Trinajstić information content (AvgIpc) is 2.82. The van der Waals surface area contributed by atoms with Crippen molar-refractivity contribution in [1.29, 1.82) is 0 Å². The lowest BCUT2D eigenvalue weighted by molar-refractivity contribution is 0.529. The van der Waals surface area contributed by atoms with Crippen molar-refractivity contribution in [2.75, 3.05) is 6.54 Å². The highest BCUT2D eigenvalue weighted by atomic mass is 15.0. The lowest BCUT2D eigenvalue weighted by Crippen LogP contribution is -2.23. The van der Waals surface area contributed by atoms with Crippen molar-refractivity contribution in [1.82, 2.24) is 14.9 Å². The standard InChI is InChI=1S/C14H19N3/c1-12-5-3-4-6-14(12)13(2)16-8-10-17-9-7-15-11-17/h3-7,9,11,13,16H,8,10H2,1-2H3. The SMILES string of the molecule is Cc1ccccc1C(C)NCCn1ccnc1. The van der Waals surface area contributed by atoms with Gasteiger partial charge in [-0.25, -0.2) is 4.98 Å². The Labute approximate surface area is 103 Å². The molecule has 0 amide bonds. The van der Waals surface area contributed by atoms with Gasteiger partial charge in [-0.2, -0.15) is 0 Å². The van der Waals surface area contributed by atoms with E-state index in [-0.39, 0.29) is 0 Å². The van der Waals surface area contributed by atoms with Gasteiger partial charge in [0.2, 0.25) is 0 Å². The predicted molar refractivity (Wildman–Crippen MR) is 69.8 cm³/mol. The van der Waals surface area contributed by atoms with E-state index in [1.165, 1.54) is 11.1 Å². The van der Waals surface area contributed by atoms with E-state index in [0.717, 1.165) is 13.1 Å². The third-order valence-electron chi connectivity index (χ3n) is 3.03. The zero-order valence-corrected chi connectivity index (χ0v) is 10.4. The molecule has 0 aliphatic carbocycles. The van der Waals surface area contributed by atoms with Gasteiger partial charge in [-0.15, -0.1) is 0 Å². The zero-order chi connectivity index (χ0) is 12.1. The van der Waals surface area contributed by atoms with Crippen LogP contribution >= 0.6 is 0 Å². The van der Waals surface area contributed by atoms with E-state index in [1.807, 2.05) is 18.7 Å². The molecule has 1 atom stereocenters. The van der Waals surface area contributed by atoms with Crippen LogP contribution in [-0.2, 0) is 6.54 Å². The molecule has 0 radical (unpaired) electrons. The fourth-order valence-corrected chi connectivity index (χ4v) is 2.01. The van der Waals surface area contributed by atoms with E-state index in [2.05, 4.69) is 53.0 Å². The molecule has 3 nitrogen and oxygen atoms in total. The number of aryl methyl sites for hydroxylation is 1. The molecular formula is C14H19N3. The predicted octanol–water partition coefficient (Wildman–Crippen LogP) is 2.54. The number of hydrogen-bond acceptors (Lipinski definition) is 2. The summed E-state index contributed by atoms with van der Waals surface area (Å²) in [5.74, 6) is 0. The minimum Gasteiger partial charge on any atom is -0.336 e. The maximum atomic E-state index is 4.03. The van der Waals surface area contributed by atoms with Gasteiger partial charge in [-0.1, -0.05) is 24.3 Å². The molecule has 0 spiro atoms. The first-order chi connectivity index (χ1) is 8.27. The molecule has 1 heterocycles. The normalized spacial score (nSPS) is 12.6.